The number of nitrogens with two attached hydrogens (primary N) is 1. The molecule has 146 valence electrons. The van der Waals surface area contributed by atoms with Crippen LogP contribution in [-0.4, -0.2) is 29.4 Å². The molecule has 28 heavy (non-hydrogen) atoms. The molecule has 3 rings (SSSR count). The van der Waals surface area contributed by atoms with E-state index in [0.29, 0.717) is 16.3 Å². The largest absolute Gasteiger partial charge is 0.484 e. The highest BCUT2D eigenvalue weighted by Gasteiger charge is 2.32. The molecule has 0 radical (unpaired) electrons. The molecule has 1 fully saturated rings. The fourth-order valence-electron chi connectivity index (χ4n) is 2.72. The van der Waals surface area contributed by atoms with E-state index in [4.69, 9.17) is 22.1 Å². The van der Waals surface area contributed by atoms with Crippen molar-refractivity contribution in [2.24, 2.45) is 5.73 Å². The molecular formula is C21H20ClFN2O3. The van der Waals surface area contributed by atoms with Crippen LogP contribution in [0.1, 0.15) is 24.0 Å². The summed E-state index contributed by atoms with van der Waals surface area (Å²) in [5.74, 6) is -0.655. The number of primary amides is 1. The summed E-state index contributed by atoms with van der Waals surface area (Å²) >= 11 is 6.10. The van der Waals surface area contributed by atoms with Gasteiger partial charge in [-0.05, 0) is 48.7 Å². The predicted octanol–water partition coefficient (Wildman–Crippen LogP) is 3.55. The van der Waals surface area contributed by atoms with Gasteiger partial charge in [0, 0.05) is 22.7 Å². The molecule has 7 heteroatoms. The van der Waals surface area contributed by atoms with E-state index in [1.807, 2.05) is 0 Å². The van der Waals surface area contributed by atoms with E-state index in [-0.39, 0.29) is 25.1 Å². The van der Waals surface area contributed by atoms with Gasteiger partial charge in [-0.1, -0.05) is 29.8 Å². The van der Waals surface area contributed by atoms with Crippen molar-refractivity contribution in [2.75, 3.05) is 6.61 Å². The lowest BCUT2D eigenvalue weighted by molar-refractivity contribution is -0.127. The Morgan fingerprint density at radius 2 is 1.93 bits per heavy atom. The van der Waals surface area contributed by atoms with Crippen LogP contribution in [0.4, 0.5) is 4.39 Å². The van der Waals surface area contributed by atoms with E-state index in [1.54, 1.807) is 47.4 Å². The lowest BCUT2D eigenvalue weighted by Gasteiger charge is -2.22. The van der Waals surface area contributed by atoms with Crippen molar-refractivity contribution in [1.82, 2.24) is 4.90 Å². The van der Waals surface area contributed by atoms with Crippen LogP contribution in [0.3, 0.4) is 0 Å². The van der Waals surface area contributed by atoms with Gasteiger partial charge in [-0.15, -0.1) is 0 Å². The van der Waals surface area contributed by atoms with Gasteiger partial charge < -0.3 is 15.4 Å². The van der Waals surface area contributed by atoms with E-state index in [0.717, 1.165) is 18.4 Å². The fourth-order valence-corrected chi connectivity index (χ4v) is 2.94. The molecule has 2 N–H and O–H groups in total. The van der Waals surface area contributed by atoms with Gasteiger partial charge in [0.15, 0.2) is 6.61 Å². The number of hydrogen-bond donors (Lipinski definition) is 1. The molecule has 2 aromatic rings. The van der Waals surface area contributed by atoms with Crippen LogP contribution in [0.2, 0.25) is 5.02 Å². The van der Waals surface area contributed by atoms with Crippen molar-refractivity contribution in [3.63, 3.8) is 0 Å². The number of nitrogens with zero attached hydrogens (tertiary/aromatic N) is 1. The summed E-state index contributed by atoms with van der Waals surface area (Å²) in [5.41, 5.74) is 6.15. The third-order valence-electron chi connectivity index (χ3n) is 4.34. The van der Waals surface area contributed by atoms with Crippen molar-refractivity contribution < 1.29 is 18.7 Å². The Morgan fingerprint density at radius 3 is 2.54 bits per heavy atom. The van der Waals surface area contributed by atoms with Crippen molar-refractivity contribution >= 4 is 29.5 Å². The summed E-state index contributed by atoms with van der Waals surface area (Å²) in [4.78, 5) is 25.0. The van der Waals surface area contributed by atoms with Gasteiger partial charge in [0.1, 0.15) is 11.6 Å². The summed E-state index contributed by atoms with van der Waals surface area (Å²) in [6.07, 6.45) is 4.94. The van der Waals surface area contributed by atoms with Crippen LogP contribution in [-0.2, 0) is 16.1 Å². The summed E-state index contributed by atoms with van der Waals surface area (Å²) in [7, 11) is 0. The summed E-state index contributed by atoms with van der Waals surface area (Å²) < 4.78 is 19.3. The van der Waals surface area contributed by atoms with Gasteiger partial charge in [0.2, 0.25) is 5.91 Å². The van der Waals surface area contributed by atoms with Gasteiger partial charge in [0.25, 0.3) is 5.91 Å². The van der Waals surface area contributed by atoms with Gasteiger partial charge >= 0.3 is 0 Å². The first-order chi connectivity index (χ1) is 13.4. The van der Waals surface area contributed by atoms with Gasteiger partial charge in [0.05, 0.1) is 6.54 Å². The maximum atomic E-state index is 14.1. The number of ether oxygens (including phenoxy) is 1. The molecule has 0 bridgehead atoms. The minimum absolute atomic E-state index is 0.109. The van der Waals surface area contributed by atoms with Crippen LogP contribution in [0.15, 0.2) is 48.5 Å². The average Bonchev–Trinajstić information content (AvgIpc) is 3.50. The number of halogens is 2. The van der Waals surface area contributed by atoms with Crippen molar-refractivity contribution in [1.29, 1.82) is 0 Å². The summed E-state index contributed by atoms with van der Waals surface area (Å²) in [6.45, 7) is -0.0537. The second-order valence-corrected chi connectivity index (χ2v) is 6.96. The highest BCUT2D eigenvalue weighted by atomic mass is 35.5. The van der Waals surface area contributed by atoms with Crippen LogP contribution < -0.4 is 10.5 Å². The Balaban J connectivity index is 1.66. The van der Waals surface area contributed by atoms with Crippen molar-refractivity contribution in [3.8, 4) is 5.75 Å². The SMILES string of the molecule is NC(=O)COc1ccc(/C=C/C(=O)N(Cc2c(F)cccc2Cl)C2CC2)cc1. The Bertz CT molecular complexity index is 875. The molecule has 0 unspecified atom stereocenters. The molecular weight excluding hydrogens is 383 g/mol. The summed E-state index contributed by atoms with van der Waals surface area (Å²) in [5, 5.41) is 0.314. The molecule has 0 heterocycles. The third kappa shape index (κ3) is 5.33. The van der Waals surface area contributed by atoms with E-state index in [2.05, 4.69) is 0 Å². The molecule has 0 aliphatic heterocycles. The van der Waals surface area contributed by atoms with E-state index in [9.17, 15) is 14.0 Å². The number of rotatable bonds is 8. The Hall–Kier alpha value is -2.86. The van der Waals surface area contributed by atoms with Gasteiger partial charge in [-0.2, -0.15) is 0 Å². The van der Waals surface area contributed by atoms with E-state index < -0.39 is 11.7 Å². The molecule has 1 aliphatic carbocycles. The predicted molar refractivity (Wildman–Crippen MR) is 105 cm³/mol. The lowest BCUT2D eigenvalue weighted by Crippen LogP contribution is -2.31. The number of carbonyl (C=O) groups is 2. The fraction of sp³-hybridized carbons (Fsp3) is 0.238. The number of carbonyl (C=O) groups excluding carboxylic acids is 2. The zero-order chi connectivity index (χ0) is 20.1. The van der Waals surface area contributed by atoms with Crippen LogP contribution in [0.5, 0.6) is 5.75 Å². The maximum Gasteiger partial charge on any atom is 0.255 e. The molecule has 2 amide bonds. The zero-order valence-electron chi connectivity index (χ0n) is 15.1. The normalized spacial score (nSPS) is 13.5. The molecule has 2 aromatic carbocycles. The number of amides is 2. The Labute approximate surface area is 167 Å². The summed E-state index contributed by atoms with van der Waals surface area (Å²) in [6, 6.07) is 11.5. The lowest BCUT2D eigenvalue weighted by atomic mass is 10.1. The molecule has 1 saturated carbocycles. The quantitative estimate of drug-likeness (QED) is 0.686. The van der Waals surface area contributed by atoms with Crippen molar-refractivity contribution in [2.45, 2.75) is 25.4 Å². The van der Waals surface area contributed by atoms with Crippen molar-refractivity contribution in [3.05, 3.63) is 70.5 Å². The molecule has 1 aliphatic rings. The number of hydrogen-bond acceptors (Lipinski definition) is 3. The highest BCUT2D eigenvalue weighted by Crippen LogP contribution is 2.31. The first kappa shape index (κ1) is 19.9. The Morgan fingerprint density at radius 1 is 1.21 bits per heavy atom. The average molecular weight is 403 g/mol. The first-order valence-electron chi connectivity index (χ1n) is 8.87. The standard InChI is InChI=1S/C21H20ClFN2O3/c22-18-2-1-3-19(23)17(18)12-25(15-7-8-15)21(27)11-6-14-4-9-16(10-5-14)28-13-20(24)26/h1-6,9-11,15H,7-8,12-13H2,(H2,24,26)/b11-6+. The van der Waals surface area contributed by atoms with Gasteiger partial charge in [-0.25, -0.2) is 4.39 Å². The second-order valence-electron chi connectivity index (χ2n) is 6.55. The molecule has 0 aromatic heterocycles. The zero-order valence-corrected chi connectivity index (χ0v) is 15.9. The molecule has 0 saturated heterocycles. The molecule has 0 atom stereocenters. The minimum atomic E-state index is -0.551. The topological polar surface area (TPSA) is 72.6 Å². The van der Waals surface area contributed by atoms with E-state index >= 15 is 0 Å². The monoisotopic (exact) mass is 402 g/mol. The highest BCUT2D eigenvalue weighted by molar-refractivity contribution is 6.31. The maximum absolute atomic E-state index is 14.1. The van der Waals surface area contributed by atoms with E-state index in [1.165, 1.54) is 12.1 Å². The van der Waals surface area contributed by atoms with Crippen LogP contribution >= 0.6 is 11.6 Å². The van der Waals surface area contributed by atoms with Crippen LogP contribution in [0, 0.1) is 5.82 Å². The minimum Gasteiger partial charge on any atom is -0.484 e. The number of benzene rings is 2. The first-order valence-corrected chi connectivity index (χ1v) is 9.24. The van der Waals surface area contributed by atoms with Crippen LogP contribution in [0.25, 0.3) is 6.08 Å². The second kappa shape index (κ2) is 8.89. The molecule has 5 nitrogen and oxygen atoms in total. The van der Waals surface area contributed by atoms with Gasteiger partial charge in [-0.3, -0.25) is 9.59 Å². The molecule has 0 spiro atoms. The smallest absolute Gasteiger partial charge is 0.255 e. The third-order valence-corrected chi connectivity index (χ3v) is 4.69. The Kier molecular flexibility index (Phi) is 6.31.